The summed E-state index contributed by atoms with van der Waals surface area (Å²) in [5, 5.41) is 0.473. The molecule has 0 bridgehead atoms. The Morgan fingerprint density at radius 3 is 2.19 bits per heavy atom. The number of halogens is 5. The molecule has 2 aromatic carbocycles. The molecule has 2 aromatic rings. The fourth-order valence-corrected chi connectivity index (χ4v) is 2.14. The second kappa shape index (κ2) is 5.66. The Kier molecular flexibility index (Phi) is 4.25. The molecule has 6 heteroatoms. The summed E-state index contributed by atoms with van der Waals surface area (Å²) < 4.78 is 51.4. The highest BCUT2D eigenvalue weighted by Crippen LogP contribution is 2.34. The lowest BCUT2D eigenvalue weighted by atomic mass is 9.97. The van der Waals surface area contributed by atoms with Crippen molar-refractivity contribution in [3.8, 4) is 0 Å². The molecule has 0 aliphatic carbocycles. The van der Waals surface area contributed by atoms with Gasteiger partial charge in [0, 0.05) is 5.02 Å². The average Bonchev–Trinajstić information content (AvgIpc) is 2.40. The first-order valence-electron chi connectivity index (χ1n) is 6.08. The molecular formula is C15H12ClF4N. The van der Waals surface area contributed by atoms with Gasteiger partial charge in [0.25, 0.3) is 0 Å². The third-order valence-electron chi connectivity index (χ3n) is 3.21. The van der Waals surface area contributed by atoms with E-state index in [1.807, 2.05) is 0 Å². The number of rotatable bonds is 2. The summed E-state index contributed by atoms with van der Waals surface area (Å²) >= 11 is 5.98. The molecule has 0 saturated carbocycles. The van der Waals surface area contributed by atoms with E-state index in [9.17, 15) is 17.6 Å². The van der Waals surface area contributed by atoms with E-state index in [2.05, 4.69) is 0 Å². The highest BCUT2D eigenvalue weighted by molar-refractivity contribution is 6.31. The van der Waals surface area contributed by atoms with Crippen molar-refractivity contribution in [2.45, 2.75) is 19.1 Å². The van der Waals surface area contributed by atoms with Crippen molar-refractivity contribution < 1.29 is 17.6 Å². The number of nitrogens with two attached hydrogens (primary N) is 1. The van der Waals surface area contributed by atoms with Crippen LogP contribution >= 0.6 is 11.6 Å². The molecule has 2 N–H and O–H groups in total. The smallest absolute Gasteiger partial charge is 0.320 e. The predicted molar refractivity (Wildman–Crippen MR) is 73.6 cm³/mol. The summed E-state index contributed by atoms with van der Waals surface area (Å²) in [6, 6.07) is 6.93. The molecule has 112 valence electrons. The van der Waals surface area contributed by atoms with Crippen LogP contribution in [-0.4, -0.2) is 0 Å². The lowest BCUT2D eigenvalue weighted by Crippen LogP contribution is -2.15. The number of aryl methyl sites for hydroxylation is 1. The van der Waals surface area contributed by atoms with Gasteiger partial charge < -0.3 is 5.73 Å². The molecule has 21 heavy (non-hydrogen) atoms. The van der Waals surface area contributed by atoms with Crippen molar-refractivity contribution in [1.29, 1.82) is 0 Å². The normalized spacial score (nSPS) is 13.3. The highest BCUT2D eigenvalue weighted by Gasteiger charge is 2.34. The van der Waals surface area contributed by atoms with Gasteiger partial charge in [-0.3, -0.25) is 0 Å². The zero-order valence-corrected chi connectivity index (χ0v) is 11.8. The summed E-state index contributed by atoms with van der Waals surface area (Å²) in [5.74, 6) is -1.32. The van der Waals surface area contributed by atoms with E-state index in [1.54, 1.807) is 25.1 Å². The maximum absolute atomic E-state index is 13.3. The van der Waals surface area contributed by atoms with Crippen LogP contribution in [0.25, 0.3) is 0 Å². The minimum atomic E-state index is -4.76. The molecule has 0 saturated heterocycles. The first-order valence-corrected chi connectivity index (χ1v) is 6.46. The van der Waals surface area contributed by atoms with Crippen LogP contribution in [0.1, 0.15) is 28.3 Å². The van der Waals surface area contributed by atoms with E-state index in [4.69, 9.17) is 17.3 Å². The van der Waals surface area contributed by atoms with Crippen LogP contribution in [0.5, 0.6) is 0 Å². The van der Waals surface area contributed by atoms with Crippen LogP contribution in [0, 0.1) is 12.7 Å². The molecule has 0 aromatic heterocycles. The first-order chi connectivity index (χ1) is 9.70. The predicted octanol–water partition coefficient (Wildman–Crippen LogP) is 4.85. The topological polar surface area (TPSA) is 26.0 Å². The molecule has 2 rings (SSSR count). The second-order valence-electron chi connectivity index (χ2n) is 4.72. The van der Waals surface area contributed by atoms with E-state index in [-0.39, 0.29) is 5.56 Å². The molecule has 1 atom stereocenters. The van der Waals surface area contributed by atoms with Crippen molar-refractivity contribution >= 4 is 11.6 Å². The largest absolute Gasteiger partial charge is 0.419 e. The van der Waals surface area contributed by atoms with E-state index >= 15 is 0 Å². The summed E-state index contributed by atoms with van der Waals surface area (Å²) in [6.45, 7) is 1.80. The van der Waals surface area contributed by atoms with Gasteiger partial charge in [-0.2, -0.15) is 13.2 Å². The maximum Gasteiger partial charge on any atom is 0.419 e. The Balaban J connectivity index is 2.44. The van der Waals surface area contributed by atoms with Gasteiger partial charge in [0.05, 0.1) is 11.6 Å². The molecular weight excluding hydrogens is 306 g/mol. The first kappa shape index (κ1) is 15.8. The fourth-order valence-electron chi connectivity index (χ4n) is 1.95. The molecule has 0 fully saturated rings. The minimum absolute atomic E-state index is 0.170. The molecule has 1 unspecified atom stereocenters. The summed E-state index contributed by atoms with van der Waals surface area (Å²) in [6.07, 6.45) is -4.76. The number of alkyl halides is 3. The van der Waals surface area contributed by atoms with Gasteiger partial charge in [-0.05, 0) is 41.8 Å². The molecule has 0 amide bonds. The average molecular weight is 318 g/mol. The van der Waals surface area contributed by atoms with Crippen molar-refractivity contribution in [3.63, 3.8) is 0 Å². The number of benzene rings is 2. The van der Waals surface area contributed by atoms with Crippen molar-refractivity contribution in [2.75, 3.05) is 0 Å². The Labute approximate surface area is 124 Å². The Bertz CT molecular complexity index is 667. The molecule has 0 aliphatic heterocycles. The SMILES string of the molecule is Cc1ccc(C(N)c2ccc(F)c(C(F)(F)F)c2)cc1Cl. The molecule has 0 radical (unpaired) electrons. The van der Waals surface area contributed by atoms with Gasteiger partial charge in [-0.1, -0.05) is 29.8 Å². The van der Waals surface area contributed by atoms with Gasteiger partial charge in [0.2, 0.25) is 0 Å². The van der Waals surface area contributed by atoms with Crippen molar-refractivity contribution in [1.82, 2.24) is 0 Å². The molecule has 0 heterocycles. The lowest BCUT2D eigenvalue weighted by molar-refractivity contribution is -0.140. The van der Waals surface area contributed by atoms with E-state index in [1.165, 1.54) is 6.07 Å². The third-order valence-corrected chi connectivity index (χ3v) is 3.62. The van der Waals surface area contributed by atoms with E-state index in [0.29, 0.717) is 10.6 Å². The second-order valence-corrected chi connectivity index (χ2v) is 5.13. The van der Waals surface area contributed by atoms with Crippen LogP contribution in [0.15, 0.2) is 36.4 Å². The molecule has 0 aliphatic rings. The third kappa shape index (κ3) is 3.36. The van der Waals surface area contributed by atoms with Crippen molar-refractivity contribution in [2.24, 2.45) is 5.73 Å². The minimum Gasteiger partial charge on any atom is -0.320 e. The molecule has 1 nitrogen and oxygen atoms in total. The Hall–Kier alpha value is -1.59. The maximum atomic E-state index is 13.3. The van der Waals surface area contributed by atoms with Crippen molar-refractivity contribution in [3.05, 3.63) is 69.5 Å². The zero-order chi connectivity index (χ0) is 15.8. The van der Waals surface area contributed by atoms with Crippen LogP contribution in [0.3, 0.4) is 0 Å². The van der Waals surface area contributed by atoms with Gasteiger partial charge in [0.1, 0.15) is 5.82 Å². The summed E-state index contributed by atoms with van der Waals surface area (Å²) in [4.78, 5) is 0. The lowest BCUT2D eigenvalue weighted by Gasteiger charge is -2.16. The van der Waals surface area contributed by atoms with Crippen LogP contribution < -0.4 is 5.73 Å². The van der Waals surface area contributed by atoms with Gasteiger partial charge in [-0.15, -0.1) is 0 Å². The number of hydrogen-bond donors (Lipinski definition) is 1. The highest BCUT2D eigenvalue weighted by atomic mass is 35.5. The molecule has 0 spiro atoms. The van der Waals surface area contributed by atoms with E-state index < -0.39 is 23.6 Å². The zero-order valence-electron chi connectivity index (χ0n) is 11.0. The van der Waals surface area contributed by atoms with Gasteiger partial charge in [-0.25, -0.2) is 4.39 Å². The van der Waals surface area contributed by atoms with E-state index in [0.717, 1.165) is 17.7 Å². The van der Waals surface area contributed by atoms with Gasteiger partial charge in [0.15, 0.2) is 0 Å². The summed E-state index contributed by atoms with van der Waals surface area (Å²) in [5.41, 5.74) is 6.19. The number of hydrogen-bond acceptors (Lipinski definition) is 1. The van der Waals surface area contributed by atoms with Crippen LogP contribution in [0.4, 0.5) is 17.6 Å². The summed E-state index contributed by atoms with van der Waals surface area (Å²) in [7, 11) is 0. The standard InChI is InChI=1S/C15H12ClF4N/c1-8-2-3-10(7-12(8)16)14(21)9-4-5-13(17)11(6-9)15(18,19)20/h2-7,14H,21H2,1H3. The van der Waals surface area contributed by atoms with Gasteiger partial charge >= 0.3 is 6.18 Å². The van der Waals surface area contributed by atoms with Crippen LogP contribution in [-0.2, 0) is 6.18 Å². The Morgan fingerprint density at radius 2 is 1.62 bits per heavy atom. The quantitative estimate of drug-likeness (QED) is 0.787. The Morgan fingerprint density at radius 1 is 1.05 bits per heavy atom. The van der Waals surface area contributed by atoms with Crippen LogP contribution in [0.2, 0.25) is 5.02 Å². The monoisotopic (exact) mass is 317 g/mol. The fraction of sp³-hybridized carbons (Fsp3) is 0.200.